The van der Waals surface area contributed by atoms with Gasteiger partial charge >= 0.3 is 0 Å². The van der Waals surface area contributed by atoms with Crippen molar-refractivity contribution >= 4 is 34.7 Å². The molecule has 0 unspecified atom stereocenters. The van der Waals surface area contributed by atoms with Crippen LogP contribution in [0.3, 0.4) is 0 Å². The maximum atomic E-state index is 13.2. The first-order chi connectivity index (χ1) is 12.4. The van der Waals surface area contributed by atoms with Crippen LogP contribution in [0.1, 0.15) is 10.4 Å². The Balaban J connectivity index is 1.69. The Morgan fingerprint density at radius 3 is 2.27 bits per heavy atom. The molecule has 0 spiro atoms. The van der Waals surface area contributed by atoms with Crippen LogP contribution in [0.2, 0.25) is 5.02 Å². The van der Waals surface area contributed by atoms with Gasteiger partial charge in [0.1, 0.15) is 11.6 Å². The monoisotopic (exact) mass is 377 g/mol. The van der Waals surface area contributed by atoms with Crippen LogP contribution >= 0.6 is 11.6 Å². The van der Waals surface area contributed by atoms with Crippen molar-refractivity contribution in [3.05, 3.63) is 82.8 Å². The lowest BCUT2D eigenvalue weighted by molar-refractivity contribution is 0.102. The average Bonchev–Trinajstić information content (AvgIpc) is 2.62. The van der Waals surface area contributed by atoms with E-state index >= 15 is 0 Å². The molecule has 0 aliphatic heterocycles. The number of aromatic nitrogens is 1. The van der Waals surface area contributed by atoms with Crippen LogP contribution < -0.4 is 10.6 Å². The van der Waals surface area contributed by atoms with E-state index in [2.05, 4.69) is 15.6 Å². The topological polar surface area (TPSA) is 54.0 Å². The van der Waals surface area contributed by atoms with E-state index in [1.165, 1.54) is 36.5 Å². The smallest absolute Gasteiger partial charge is 0.257 e. The number of nitrogens with one attached hydrogen (secondary N) is 2. The molecule has 1 heterocycles. The Morgan fingerprint density at radius 1 is 0.885 bits per heavy atom. The summed E-state index contributed by atoms with van der Waals surface area (Å²) in [6.07, 6.45) is 1.31. The number of carbonyl (C=O) groups excluding carboxylic acids is 1. The van der Waals surface area contributed by atoms with Crippen LogP contribution in [0.25, 0.3) is 0 Å². The van der Waals surface area contributed by atoms with E-state index < -0.39 is 23.4 Å². The van der Waals surface area contributed by atoms with Crippen LogP contribution in [-0.2, 0) is 0 Å². The fourth-order valence-electron chi connectivity index (χ4n) is 2.10. The number of amides is 1. The van der Waals surface area contributed by atoms with Crippen molar-refractivity contribution in [1.29, 1.82) is 0 Å². The highest BCUT2D eigenvalue weighted by Crippen LogP contribution is 2.21. The largest absolute Gasteiger partial charge is 0.340 e. The summed E-state index contributed by atoms with van der Waals surface area (Å²) in [5.41, 5.74) is 0.904. The lowest BCUT2D eigenvalue weighted by Crippen LogP contribution is -2.12. The minimum Gasteiger partial charge on any atom is -0.340 e. The first-order valence-electron chi connectivity index (χ1n) is 7.37. The van der Waals surface area contributed by atoms with Gasteiger partial charge in [-0.05, 0) is 42.5 Å². The Kier molecular flexibility index (Phi) is 5.09. The molecule has 0 radical (unpaired) electrons. The molecule has 0 saturated carbocycles. The summed E-state index contributed by atoms with van der Waals surface area (Å²) in [5.74, 6) is -2.63. The zero-order valence-corrected chi connectivity index (χ0v) is 13.8. The molecule has 26 heavy (non-hydrogen) atoms. The lowest BCUT2D eigenvalue weighted by atomic mass is 10.2. The molecule has 1 amide bonds. The predicted molar refractivity (Wildman–Crippen MR) is 93.2 cm³/mol. The van der Waals surface area contributed by atoms with Gasteiger partial charge in [-0.3, -0.25) is 4.79 Å². The normalized spacial score (nSPS) is 10.5. The third-order valence-electron chi connectivity index (χ3n) is 3.40. The second-order valence-corrected chi connectivity index (χ2v) is 5.68. The van der Waals surface area contributed by atoms with E-state index in [0.29, 0.717) is 17.2 Å². The number of hydrogen-bond donors (Lipinski definition) is 2. The van der Waals surface area contributed by atoms with Gasteiger partial charge in [-0.2, -0.15) is 0 Å². The molecule has 0 atom stereocenters. The van der Waals surface area contributed by atoms with Crippen molar-refractivity contribution < 1.29 is 18.0 Å². The SMILES string of the molecule is O=C(Nc1ccc(F)c(Cl)c1)c1ccc(Nc2ccc(F)c(F)c2)nc1. The van der Waals surface area contributed by atoms with E-state index in [0.717, 1.165) is 18.2 Å². The molecule has 0 fully saturated rings. The molecular formula is C18H11ClF3N3O. The number of rotatable bonds is 4. The van der Waals surface area contributed by atoms with Gasteiger partial charge in [0.15, 0.2) is 11.6 Å². The number of carbonyl (C=O) groups is 1. The van der Waals surface area contributed by atoms with Crippen LogP contribution in [0.4, 0.5) is 30.4 Å². The van der Waals surface area contributed by atoms with E-state index in [1.807, 2.05) is 0 Å². The summed E-state index contributed by atoms with van der Waals surface area (Å²) in [5, 5.41) is 5.26. The van der Waals surface area contributed by atoms with Crippen molar-refractivity contribution in [1.82, 2.24) is 4.98 Å². The molecule has 0 saturated heterocycles. The highest BCUT2D eigenvalue weighted by atomic mass is 35.5. The zero-order valence-electron chi connectivity index (χ0n) is 13.1. The Bertz CT molecular complexity index is 964. The van der Waals surface area contributed by atoms with Gasteiger partial charge in [0.05, 0.1) is 10.6 Å². The quantitative estimate of drug-likeness (QED) is 0.661. The molecule has 2 N–H and O–H groups in total. The van der Waals surface area contributed by atoms with Gasteiger partial charge in [0.25, 0.3) is 5.91 Å². The van der Waals surface area contributed by atoms with Gasteiger partial charge in [0.2, 0.25) is 0 Å². The Labute approximate surface area is 151 Å². The summed E-state index contributed by atoms with van der Waals surface area (Å²) in [6, 6.07) is 10.2. The molecule has 0 aliphatic carbocycles. The first-order valence-corrected chi connectivity index (χ1v) is 7.75. The third-order valence-corrected chi connectivity index (χ3v) is 3.68. The first kappa shape index (κ1) is 17.8. The number of pyridine rings is 1. The minimum atomic E-state index is -0.982. The lowest BCUT2D eigenvalue weighted by Gasteiger charge is -2.08. The maximum absolute atomic E-state index is 13.2. The maximum Gasteiger partial charge on any atom is 0.257 e. The average molecular weight is 378 g/mol. The van der Waals surface area contributed by atoms with Crippen molar-refractivity contribution in [2.45, 2.75) is 0 Å². The van der Waals surface area contributed by atoms with E-state index in [4.69, 9.17) is 11.6 Å². The van der Waals surface area contributed by atoms with Gasteiger partial charge in [-0.15, -0.1) is 0 Å². The Hall–Kier alpha value is -3.06. The molecule has 0 bridgehead atoms. The molecule has 4 nitrogen and oxygen atoms in total. The number of anilines is 3. The summed E-state index contributed by atoms with van der Waals surface area (Å²) < 4.78 is 39.2. The Morgan fingerprint density at radius 2 is 1.62 bits per heavy atom. The van der Waals surface area contributed by atoms with Crippen molar-refractivity contribution in [3.8, 4) is 0 Å². The van der Waals surface area contributed by atoms with E-state index in [-0.39, 0.29) is 10.6 Å². The van der Waals surface area contributed by atoms with E-state index in [1.54, 1.807) is 0 Å². The minimum absolute atomic E-state index is 0.105. The number of nitrogens with zero attached hydrogens (tertiary/aromatic N) is 1. The molecule has 3 rings (SSSR count). The number of halogens is 4. The summed E-state index contributed by atoms with van der Waals surface area (Å²) in [6.45, 7) is 0. The fraction of sp³-hybridized carbons (Fsp3) is 0. The van der Waals surface area contributed by atoms with Gasteiger partial charge in [-0.1, -0.05) is 11.6 Å². The molecular weight excluding hydrogens is 367 g/mol. The molecule has 3 aromatic rings. The van der Waals surface area contributed by atoms with Gasteiger partial charge < -0.3 is 10.6 Å². The fourth-order valence-corrected chi connectivity index (χ4v) is 2.28. The van der Waals surface area contributed by atoms with Crippen LogP contribution in [0.5, 0.6) is 0 Å². The highest BCUT2D eigenvalue weighted by Gasteiger charge is 2.09. The number of benzene rings is 2. The van der Waals surface area contributed by atoms with Gasteiger partial charge in [0, 0.05) is 23.6 Å². The standard InChI is InChI=1S/C18H11ClF3N3O/c19-13-7-11(2-4-14(13)20)25-18(26)10-1-6-17(23-9-10)24-12-3-5-15(21)16(22)8-12/h1-9H,(H,23,24)(H,25,26). The summed E-state index contributed by atoms with van der Waals surface area (Å²) in [4.78, 5) is 16.2. The molecule has 0 aliphatic rings. The summed E-state index contributed by atoms with van der Waals surface area (Å²) in [7, 11) is 0. The van der Waals surface area contributed by atoms with Gasteiger partial charge in [-0.25, -0.2) is 18.2 Å². The molecule has 8 heteroatoms. The molecule has 132 valence electrons. The number of hydrogen-bond acceptors (Lipinski definition) is 3. The summed E-state index contributed by atoms with van der Waals surface area (Å²) >= 11 is 5.66. The zero-order chi connectivity index (χ0) is 18.7. The van der Waals surface area contributed by atoms with Crippen molar-refractivity contribution in [2.75, 3.05) is 10.6 Å². The molecule has 1 aromatic heterocycles. The van der Waals surface area contributed by atoms with Crippen LogP contribution in [0, 0.1) is 17.5 Å². The van der Waals surface area contributed by atoms with Crippen molar-refractivity contribution in [2.24, 2.45) is 0 Å². The third kappa shape index (κ3) is 4.12. The van der Waals surface area contributed by atoms with Crippen LogP contribution in [0.15, 0.2) is 54.7 Å². The second-order valence-electron chi connectivity index (χ2n) is 5.27. The van der Waals surface area contributed by atoms with Crippen molar-refractivity contribution in [3.63, 3.8) is 0 Å². The highest BCUT2D eigenvalue weighted by molar-refractivity contribution is 6.31. The van der Waals surface area contributed by atoms with E-state index in [9.17, 15) is 18.0 Å². The van der Waals surface area contributed by atoms with Crippen LogP contribution in [-0.4, -0.2) is 10.9 Å². The predicted octanol–water partition coefficient (Wildman–Crippen LogP) is 5.15. The molecule has 2 aromatic carbocycles. The second kappa shape index (κ2) is 7.45.